The highest BCUT2D eigenvalue weighted by atomic mass is 35.5. The van der Waals surface area contributed by atoms with Gasteiger partial charge in [-0.25, -0.2) is 0 Å². The number of anilines is 1. The molecule has 0 bridgehead atoms. The Bertz CT molecular complexity index is 674. The van der Waals surface area contributed by atoms with Gasteiger partial charge in [-0.3, -0.25) is 0 Å². The van der Waals surface area contributed by atoms with Crippen LogP contribution < -0.4 is 14.8 Å². The first-order chi connectivity index (χ1) is 10.2. The largest absolute Gasteiger partial charge is 0.497 e. The molecule has 5 heteroatoms. The lowest BCUT2D eigenvalue weighted by Crippen LogP contribution is -2.02. The van der Waals surface area contributed by atoms with Gasteiger partial charge < -0.3 is 14.8 Å². The van der Waals surface area contributed by atoms with Crippen LogP contribution in [0.25, 0.3) is 0 Å². The molecule has 2 aromatic rings. The quantitative estimate of drug-likeness (QED) is 0.895. The molecule has 0 aromatic heterocycles. The van der Waals surface area contributed by atoms with Gasteiger partial charge in [-0.1, -0.05) is 23.2 Å². The molecule has 3 rings (SSSR count). The minimum absolute atomic E-state index is 0.593. The van der Waals surface area contributed by atoms with E-state index in [1.807, 2.05) is 30.3 Å². The van der Waals surface area contributed by atoms with Crippen molar-refractivity contribution in [2.75, 3.05) is 19.0 Å². The van der Waals surface area contributed by atoms with Crippen LogP contribution in [-0.4, -0.2) is 13.7 Å². The average molecular weight is 324 g/mol. The summed E-state index contributed by atoms with van der Waals surface area (Å²) in [6, 6.07) is 9.39. The highest BCUT2D eigenvalue weighted by Gasteiger charge is 2.17. The van der Waals surface area contributed by atoms with E-state index in [1.165, 1.54) is 0 Å². The van der Waals surface area contributed by atoms with Crippen LogP contribution in [0.15, 0.2) is 30.3 Å². The molecule has 0 atom stereocenters. The summed E-state index contributed by atoms with van der Waals surface area (Å²) in [6.45, 7) is 1.30. The van der Waals surface area contributed by atoms with E-state index >= 15 is 0 Å². The fourth-order valence-corrected chi connectivity index (χ4v) is 2.88. The van der Waals surface area contributed by atoms with E-state index in [4.69, 9.17) is 32.7 Å². The van der Waals surface area contributed by atoms with Crippen molar-refractivity contribution in [2.45, 2.75) is 13.0 Å². The summed E-state index contributed by atoms with van der Waals surface area (Å²) in [6.07, 6.45) is 0.906. The Labute approximate surface area is 133 Å². The van der Waals surface area contributed by atoms with Crippen molar-refractivity contribution in [1.29, 1.82) is 0 Å². The fourth-order valence-electron chi connectivity index (χ4n) is 2.43. The number of rotatable bonds is 4. The molecule has 1 aliphatic heterocycles. The predicted molar refractivity (Wildman–Crippen MR) is 86.0 cm³/mol. The van der Waals surface area contributed by atoms with Crippen LogP contribution in [0.2, 0.25) is 10.0 Å². The Morgan fingerprint density at radius 3 is 2.90 bits per heavy atom. The molecule has 0 amide bonds. The summed E-state index contributed by atoms with van der Waals surface area (Å²) in [5, 5.41) is 4.69. The first kappa shape index (κ1) is 14.4. The summed E-state index contributed by atoms with van der Waals surface area (Å²) in [7, 11) is 1.63. The van der Waals surface area contributed by atoms with Crippen LogP contribution in [0.1, 0.15) is 11.1 Å². The lowest BCUT2D eigenvalue weighted by Gasteiger charge is -2.13. The first-order valence-electron chi connectivity index (χ1n) is 6.69. The van der Waals surface area contributed by atoms with Gasteiger partial charge in [0.1, 0.15) is 11.5 Å². The number of nitrogens with one attached hydrogen (secondary N) is 1. The van der Waals surface area contributed by atoms with Gasteiger partial charge in [0.05, 0.1) is 24.4 Å². The van der Waals surface area contributed by atoms with Crippen molar-refractivity contribution in [2.24, 2.45) is 0 Å². The van der Waals surface area contributed by atoms with Crippen molar-refractivity contribution >= 4 is 28.9 Å². The Morgan fingerprint density at radius 1 is 1.24 bits per heavy atom. The van der Waals surface area contributed by atoms with Crippen molar-refractivity contribution in [3.63, 3.8) is 0 Å². The molecule has 1 aliphatic rings. The van der Waals surface area contributed by atoms with E-state index in [1.54, 1.807) is 7.11 Å². The van der Waals surface area contributed by atoms with Gasteiger partial charge in [-0.15, -0.1) is 0 Å². The van der Waals surface area contributed by atoms with Crippen LogP contribution in [0, 0.1) is 0 Å². The maximum atomic E-state index is 6.19. The number of hydrogen-bond acceptors (Lipinski definition) is 3. The minimum atomic E-state index is 0.593. The second-order valence-electron chi connectivity index (χ2n) is 4.85. The molecule has 3 nitrogen and oxygen atoms in total. The number of halogens is 2. The van der Waals surface area contributed by atoms with E-state index in [0.29, 0.717) is 18.2 Å². The topological polar surface area (TPSA) is 30.5 Å². The Morgan fingerprint density at radius 2 is 2.10 bits per heavy atom. The van der Waals surface area contributed by atoms with E-state index in [9.17, 15) is 0 Å². The lowest BCUT2D eigenvalue weighted by atomic mass is 10.1. The molecule has 0 fully saturated rings. The van der Waals surface area contributed by atoms with Gasteiger partial charge in [0.25, 0.3) is 0 Å². The van der Waals surface area contributed by atoms with Crippen molar-refractivity contribution in [3.8, 4) is 11.5 Å². The highest BCUT2D eigenvalue weighted by Crippen LogP contribution is 2.34. The third-order valence-corrected chi connectivity index (χ3v) is 4.02. The molecule has 2 aromatic carbocycles. The normalized spacial score (nSPS) is 12.7. The molecule has 0 saturated heterocycles. The summed E-state index contributed by atoms with van der Waals surface area (Å²) in [5.74, 6) is 1.69. The molecule has 0 spiro atoms. The number of fused-ring (bicyclic) bond motifs is 1. The van der Waals surface area contributed by atoms with Crippen LogP contribution >= 0.6 is 23.2 Å². The number of ether oxygens (including phenoxy) is 2. The first-order valence-corrected chi connectivity index (χ1v) is 7.44. The Kier molecular flexibility index (Phi) is 4.13. The summed E-state index contributed by atoms with van der Waals surface area (Å²) < 4.78 is 10.9. The smallest absolute Gasteiger partial charge is 0.127 e. The SMILES string of the molecule is COc1ccc(Cl)c(NCc2cc(Cl)cc3c2OCC3)c1. The van der Waals surface area contributed by atoms with Crippen LogP contribution in [0.3, 0.4) is 0 Å². The molecule has 1 N–H and O–H groups in total. The van der Waals surface area contributed by atoms with Crippen LogP contribution in [0.5, 0.6) is 11.5 Å². The predicted octanol–water partition coefficient (Wildman–Crippen LogP) is 4.55. The maximum Gasteiger partial charge on any atom is 0.127 e. The van der Waals surface area contributed by atoms with Gasteiger partial charge in [0.15, 0.2) is 0 Å². The minimum Gasteiger partial charge on any atom is -0.497 e. The third-order valence-electron chi connectivity index (χ3n) is 3.47. The molecular formula is C16H15Cl2NO2. The highest BCUT2D eigenvalue weighted by molar-refractivity contribution is 6.33. The Balaban J connectivity index is 1.82. The van der Waals surface area contributed by atoms with Gasteiger partial charge in [-0.2, -0.15) is 0 Å². The number of benzene rings is 2. The van der Waals surface area contributed by atoms with E-state index in [-0.39, 0.29) is 0 Å². The van der Waals surface area contributed by atoms with E-state index < -0.39 is 0 Å². The van der Waals surface area contributed by atoms with Crippen LogP contribution in [-0.2, 0) is 13.0 Å². The Hall–Kier alpha value is -1.58. The van der Waals surface area contributed by atoms with Gasteiger partial charge in [0, 0.05) is 29.6 Å². The number of methoxy groups -OCH3 is 1. The van der Waals surface area contributed by atoms with E-state index in [2.05, 4.69) is 5.32 Å². The summed E-state index contributed by atoms with van der Waals surface area (Å²) in [4.78, 5) is 0. The third kappa shape index (κ3) is 3.04. The van der Waals surface area contributed by atoms with Crippen molar-refractivity contribution in [3.05, 3.63) is 51.5 Å². The monoisotopic (exact) mass is 323 g/mol. The molecule has 110 valence electrons. The zero-order chi connectivity index (χ0) is 14.8. The standard InChI is InChI=1S/C16H15Cl2NO2/c1-20-13-2-3-14(18)15(8-13)19-9-11-7-12(17)6-10-4-5-21-16(10)11/h2-3,6-8,19H,4-5,9H2,1H3. The van der Waals surface area contributed by atoms with Crippen molar-refractivity contribution < 1.29 is 9.47 Å². The zero-order valence-corrected chi connectivity index (χ0v) is 13.1. The fraction of sp³-hybridized carbons (Fsp3) is 0.250. The van der Waals surface area contributed by atoms with Crippen LogP contribution in [0.4, 0.5) is 5.69 Å². The van der Waals surface area contributed by atoms with Gasteiger partial charge >= 0.3 is 0 Å². The average Bonchev–Trinajstić information content (AvgIpc) is 2.94. The molecule has 0 radical (unpaired) electrons. The summed E-state index contributed by atoms with van der Waals surface area (Å²) in [5.41, 5.74) is 3.02. The van der Waals surface area contributed by atoms with Gasteiger partial charge in [0.2, 0.25) is 0 Å². The van der Waals surface area contributed by atoms with E-state index in [0.717, 1.165) is 39.8 Å². The zero-order valence-electron chi connectivity index (χ0n) is 11.6. The van der Waals surface area contributed by atoms with Gasteiger partial charge in [-0.05, 0) is 29.8 Å². The molecule has 0 unspecified atom stereocenters. The second kappa shape index (κ2) is 6.04. The molecule has 1 heterocycles. The lowest BCUT2D eigenvalue weighted by molar-refractivity contribution is 0.354. The molecule has 21 heavy (non-hydrogen) atoms. The van der Waals surface area contributed by atoms with Crippen molar-refractivity contribution in [1.82, 2.24) is 0 Å². The number of hydrogen-bond donors (Lipinski definition) is 1. The summed E-state index contributed by atoms with van der Waals surface area (Å²) >= 11 is 12.4. The molecule has 0 saturated carbocycles. The molecule has 0 aliphatic carbocycles. The maximum absolute atomic E-state index is 6.19. The second-order valence-corrected chi connectivity index (χ2v) is 5.69. The molecular weight excluding hydrogens is 309 g/mol.